The molecule has 2 aromatic carbocycles. The second-order valence-electron chi connectivity index (χ2n) is 6.29. The van der Waals surface area contributed by atoms with Crippen LogP contribution in [0.5, 0.6) is 5.75 Å². The van der Waals surface area contributed by atoms with Gasteiger partial charge < -0.3 is 18.9 Å². The van der Waals surface area contributed by atoms with Gasteiger partial charge in [-0.15, -0.1) is 4.91 Å². The van der Waals surface area contributed by atoms with E-state index in [1.165, 1.54) is 6.07 Å². The average molecular weight is 359 g/mol. The molecule has 2 saturated heterocycles. The molecule has 2 fully saturated rings. The van der Waals surface area contributed by atoms with Crippen LogP contribution in [0.15, 0.2) is 53.7 Å². The van der Waals surface area contributed by atoms with Gasteiger partial charge in [-0.1, -0.05) is 30.3 Å². The molecule has 6 nitrogen and oxygen atoms in total. The number of nitrogens with zero attached hydrogens (tertiary/aromatic N) is 1. The fraction of sp³-hybridized carbons (Fsp3) is 0.368. The molecule has 2 aliphatic heterocycles. The first-order valence-corrected chi connectivity index (χ1v) is 8.43. The molecule has 2 heterocycles. The maximum Gasteiger partial charge on any atom is 0.152 e. The predicted octanol–water partition coefficient (Wildman–Crippen LogP) is 3.35. The Morgan fingerprint density at radius 1 is 1.04 bits per heavy atom. The molecule has 136 valence electrons. The zero-order valence-electron chi connectivity index (χ0n) is 13.9. The van der Waals surface area contributed by atoms with Gasteiger partial charge in [0.1, 0.15) is 29.8 Å². The molecule has 0 saturated carbocycles. The summed E-state index contributed by atoms with van der Waals surface area (Å²) in [6.07, 6.45) is -1.25. The van der Waals surface area contributed by atoms with Crippen LogP contribution < -0.4 is 4.74 Å². The molecule has 2 aliphatic rings. The number of hydrogen-bond acceptors (Lipinski definition) is 6. The van der Waals surface area contributed by atoms with Gasteiger partial charge in [0.15, 0.2) is 11.9 Å². The van der Waals surface area contributed by atoms with Gasteiger partial charge in [0.25, 0.3) is 0 Å². The largest absolute Gasteiger partial charge is 0.483 e. The van der Waals surface area contributed by atoms with Gasteiger partial charge >= 0.3 is 0 Å². The van der Waals surface area contributed by atoms with Crippen LogP contribution in [0, 0.1) is 10.7 Å². The Kier molecular flexibility index (Phi) is 4.92. The Morgan fingerprint density at radius 3 is 2.54 bits per heavy atom. The minimum atomic E-state index is -0.501. The lowest BCUT2D eigenvalue weighted by Crippen LogP contribution is -2.35. The summed E-state index contributed by atoms with van der Waals surface area (Å²) in [5, 5.41) is 2.87. The molecule has 7 heteroatoms. The normalized spacial score (nSPS) is 27.3. The van der Waals surface area contributed by atoms with Crippen molar-refractivity contribution >= 4 is 5.69 Å². The Hall–Kier alpha value is -2.35. The van der Waals surface area contributed by atoms with Crippen LogP contribution in [-0.4, -0.2) is 37.6 Å². The number of hydrogen-bond donors (Lipinski definition) is 0. The van der Waals surface area contributed by atoms with Crippen LogP contribution in [0.3, 0.4) is 0 Å². The van der Waals surface area contributed by atoms with E-state index in [0.717, 1.165) is 17.7 Å². The molecular weight excluding hydrogens is 341 g/mol. The summed E-state index contributed by atoms with van der Waals surface area (Å²) >= 11 is 0. The van der Waals surface area contributed by atoms with Gasteiger partial charge in [-0.2, -0.15) is 0 Å². The van der Waals surface area contributed by atoms with Gasteiger partial charge in [0, 0.05) is 6.07 Å². The monoisotopic (exact) mass is 359 g/mol. The van der Waals surface area contributed by atoms with E-state index in [-0.39, 0.29) is 36.4 Å². The first-order valence-electron chi connectivity index (χ1n) is 8.43. The van der Waals surface area contributed by atoms with E-state index in [2.05, 4.69) is 5.18 Å². The lowest BCUT2D eigenvalue weighted by Gasteiger charge is -2.18. The van der Waals surface area contributed by atoms with Crippen LogP contribution in [0.4, 0.5) is 10.1 Å². The number of benzene rings is 2. The summed E-state index contributed by atoms with van der Waals surface area (Å²) in [6.45, 7) is 1.13. The third-order valence-corrected chi connectivity index (χ3v) is 4.57. The van der Waals surface area contributed by atoms with Crippen LogP contribution in [-0.2, 0) is 20.8 Å². The first-order chi connectivity index (χ1) is 12.7. The summed E-state index contributed by atoms with van der Waals surface area (Å²) < 4.78 is 36.7. The van der Waals surface area contributed by atoms with Crippen LogP contribution in [0.1, 0.15) is 5.56 Å². The molecule has 0 amide bonds. The molecule has 26 heavy (non-hydrogen) atoms. The van der Waals surface area contributed by atoms with Gasteiger partial charge in [-0.3, -0.25) is 0 Å². The van der Waals surface area contributed by atoms with Gasteiger partial charge in [0.05, 0.1) is 19.8 Å². The minimum absolute atomic E-state index is 0.0460. The fourth-order valence-electron chi connectivity index (χ4n) is 3.27. The second kappa shape index (κ2) is 7.49. The van der Waals surface area contributed by atoms with Crippen molar-refractivity contribution in [3.05, 3.63) is 64.8 Å². The molecule has 4 rings (SSSR count). The maximum absolute atomic E-state index is 13.4. The predicted molar refractivity (Wildman–Crippen MR) is 90.8 cm³/mol. The number of fused-ring (bicyclic) bond motifs is 1. The quantitative estimate of drug-likeness (QED) is 0.740. The van der Waals surface area contributed by atoms with E-state index in [1.807, 2.05) is 30.3 Å². The Balaban J connectivity index is 1.39. The molecule has 4 atom stereocenters. The van der Waals surface area contributed by atoms with E-state index >= 15 is 0 Å². The van der Waals surface area contributed by atoms with Crippen molar-refractivity contribution < 1.29 is 23.3 Å². The van der Waals surface area contributed by atoms with Crippen molar-refractivity contribution in [2.24, 2.45) is 5.18 Å². The topological polar surface area (TPSA) is 66.4 Å². The Labute approximate surface area is 149 Å². The summed E-state index contributed by atoms with van der Waals surface area (Å²) in [5.74, 6) is -0.411. The van der Waals surface area contributed by atoms with Crippen molar-refractivity contribution in [1.29, 1.82) is 0 Å². The Bertz CT molecular complexity index is 772. The molecule has 0 spiro atoms. The highest BCUT2D eigenvalue weighted by Crippen LogP contribution is 2.35. The standard InChI is InChI=1S/C19H18FNO5/c20-13-6-7-14(21-22)15(8-13)26-17-11-25-18-16(10-24-19(17)18)23-9-12-4-2-1-3-5-12/h1-8,16-19H,9-11H2/t16-,17+,18-,19-/m1/s1. The van der Waals surface area contributed by atoms with E-state index in [9.17, 15) is 9.30 Å². The molecule has 0 aliphatic carbocycles. The van der Waals surface area contributed by atoms with E-state index < -0.39 is 11.9 Å². The third-order valence-electron chi connectivity index (χ3n) is 4.57. The van der Waals surface area contributed by atoms with E-state index in [0.29, 0.717) is 13.2 Å². The third kappa shape index (κ3) is 3.46. The van der Waals surface area contributed by atoms with Crippen molar-refractivity contribution in [2.45, 2.75) is 31.0 Å². The van der Waals surface area contributed by atoms with Gasteiger partial charge in [-0.25, -0.2) is 4.39 Å². The molecule has 0 N–H and O–H groups in total. The first kappa shape index (κ1) is 17.1. The number of rotatable bonds is 6. The van der Waals surface area contributed by atoms with E-state index in [1.54, 1.807) is 0 Å². The summed E-state index contributed by atoms with van der Waals surface area (Å²) in [7, 11) is 0. The summed E-state index contributed by atoms with van der Waals surface area (Å²) in [5.41, 5.74) is 1.12. The molecule has 2 aromatic rings. The maximum atomic E-state index is 13.4. The average Bonchev–Trinajstić information content (AvgIpc) is 3.24. The summed E-state index contributed by atoms with van der Waals surface area (Å²) in [4.78, 5) is 10.9. The van der Waals surface area contributed by atoms with Crippen LogP contribution in [0.25, 0.3) is 0 Å². The SMILES string of the molecule is O=Nc1ccc(F)cc1O[C@H]1CO[C@H]2[C@@H]1OC[C@H]2OCc1ccccc1. The summed E-state index contributed by atoms with van der Waals surface area (Å²) in [6, 6.07) is 13.4. The molecule has 0 unspecified atom stereocenters. The van der Waals surface area contributed by atoms with Crippen molar-refractivity contribution in [1.82, 2.24) is 0 Å². The zero-order chi connectivity index (χ0) is 17.9. The smallest absolute Gasteiger partial charge is 0.152 e. The van der Waals surface area contributed by atoms with Gasteiger partial charge in [-0.05, 0) is 22.9 Å². The van der Waals surface area contributed by atoms with Crippen molar-refractivity contribution in [3.8, 4) is 5.75 Å². The second-order valence-corrected chi connectivity index (χ2v) is 6.29. The highest BCUT2D eigenvalue weighted by molar-refractivity contribution is 5.51. The lowest BCUT2D eigenvalue weighted by atomic mass is 10.1. The van der Waals surface area contributed by atoms with Crippen LogP contribution in [0.2, 0.25) is 0 Å². The Morgan fingerprint density at radius 2 is 1.77 bits per heavy atom. The molecule has 0 bridgehead atoms. The minimum Gasteiger partial charge on any atom is -0.483 e. The number of halogens is 1. The fourth-order valence-corrected chi connectivity index (χ4v) is 3.27. The van der Waals surface area contributed by atoms with Crippen molar-refractivity contribution in [3.63, 3.8) is 0 Å². The van der Waals surface area contributed by atoms with Crippen LogP contribution >= 0.6 is 0 Å². The molecule has 0 radical (unpaired) electrons. The number of nitroso groups, excluding NO2 is 1. The number of ether oxygens (including phenoxy) is 4. The molecular formula is C19H18FNO5. The van der Waals surface area contributed by atoms with Crippen molar-refractivity contribution in [2.75, 3.05) is 13.2 Å². The lowest BCUT2D eigenvalue weighted by molar-refractivity contribution is -0.0425. The zero-order valence-corrected chi connectivity index (χ0v) is 13.9. The highest BCUT2D eigenvalue weighted by atomic mass is 19.1. The highest BCUT2D eigenvalue weighted by Gasteiger charge is 2.49. The van der Waals surface area contributed by atoms with Gasteiger partial charge in [0.2, 0.25) is 0 Å². The molecule has 0 aromatic heterocycles. The van der Waals surface area contributed by atoms with E-state index in [4.69, 9.17) is 18.9 Å².